The summed E-state index contributed by atoms with van der Waals surface area (Å²) in [6.45, 7) is 5.87. The lowest BCUT2D eigenvalue weighted by molar-refractivity contribution is 0.142. The van der Waals surface area contributed by atoms with Crippen LogP contribution in [0.2, 0.25) is 0 Å². The van der Waals surface area contributed by atoms with Crippen molar-refractivity contribution in [3.05, 3.63) is 0 Å². The van der Waals surface area contributed by atoms with Crippen LogP contribution in [-0.4, -0.2) is 36.3 Å². The third-order valence-corrected chi connectivity index (χ3v) is 1.56. The second kappa shape index (κ2) is 4.21. The van der Waals surface area contributed by atoms with Crippen molar-refractivity contribution in [1.82, 2.24) is 5.01 Å². The molecule has 68 valence electrons. The standard InChI is InChI=1S/C8H15N3O/c1-7(2)10-11-4-6-12-5-3-8(11)9/h9H,3-6H2,1-2H3. The van der Waals surface area contributed by atoms with E-state index < -0.39 is 0 Å². The number of rotatable bonds is 1. The van der Waals surface area contributed by atoms with Crippen molar-refractivity contribution in [2.45, 2.75) is 20.3 Å². The van der Waals surface area contributed by atoms with Gasteiger partial charge in [0.05, 0.1) is 19.8 Å². The first-order valence-electron chi connectivity index (χ1n) is 4.14. The van der Waals surface area contributed by atoms with Crippen LogP contribution in [0.1, 0.15) is 20.3 Å². The van der Waals surface area contributed by atoms with E-state index in [0.29, 0.717) is 32.0 Å². The molecule has 1 N–H and O–H groups in total. The number of hydrogen-bond acceptors (Lipinski definition) is 3. The second-order valence-electron chi connectivity index (χ2n) is 2.98. The first-order chi connectivity index (χ1) is 5.70. The first-order valence-corrected chi connectivity index (χ1v) is 4.14. The van der Waals surface area contributed by atoms with Gasteiger partial charge in [0.25, 0.3) is 0 Å². The molecule has 1 aliphatic rings. The van der Waals surface area contributed by atoms with Gasteiger partial charge in [-0.1, -0.05) is 0 Å². The van der Waals surface area contributed by atoms with Gasteiger partial charge in [0.1, 0.15) is 5.84 Å². The Kier molecular flexibility index (Phi) is 3.22. The second-order valence-corrected chi connectivity index (χ2v) is 2.98. The summed E-state index contributed by atoms with van der Waals surface area (Å²) in [4.78, 5) is 0. The van der Waals surface area contributed by atoms with Gasteiger partial charge < -0.3 is 4.74 Å². The minimum absolute atomic E-state index is 0.550. The highest BCUT2D eigenvalue weighted by Crippen LogP contribution is 2.02. The van der Waals surface area contributed by atoms with Gasteiger partial charge in [-0.25, -0.2) is 5.01 Å². The van der Waals surface area contributed by atoms with Crippen molar-refractivity contribution in [2.75, 3.05) is 19.8 Å². The van der Waals surface area contributed by atoms with E-state index in [4.69, 9.17) is 10.1 Å². The van der Waals surface area contributed by atoms with Gasteiger partial charge in [0, 0.05) is 12.1 Å². The van der Waals surface area contributed by atoms with Crippen LogP contribution in [0.25, 0.3) is 0 Å². The van der Waals surface area contributed by atoms with Crippen LogP contribution in [0.3, 0.4) is 0 Å². The normalized spacial score (nSPS) is 18.8. The van der Waals surface area contributed by atoms with Gasteiger partial charge in [-0.15, -0.1) is 0 Å². The van der Waals surface area contributed by atoms with Gasteiger partial charge in [0.15, 0.2) is 0 Å². The molecule has 0 aromatic carbocycles. The van der Waals surface area contributed by atoms with Gasteiger partial charge in [0.2, 0.25) is 0 Å². The zero-order valence-corrected chi connectivity index (χ0v) is 7.63. The molecule has 4 nitrogen and oxygen atoms in total. The number of hydrogen-bond donors (Lipinski definition) is 1. The summed E-state index contributed by atoms with van der Waals surface area (Å²) >= 11 is 0. The molecule has 1 aliphatic heterocycles. The topological polar surface area (TPSA) is 48.7 Å². The van der Waals surface area contributed by atoms with Crippen molar-refractivity contribution in [2.24, 2.45) is 5.10 Å². The first kappa shape index (κ1) is 9.19. The molecule has 12 heavy (non-hydrogen) atoms. The molecule has 0 bridgehead atoms. The molecule has 0 unspecified atom stereocenters. The number of ether oxygens (including phenoxy) is 1. The molecule has 1 saturated heterocycles. The average Bonchev–Trinajstić information content (AvgIpc) is 2.16. The summed E-state index contributed by atoms with van der Waals surface area (Å²) in [5.74, 6) is 0.550. The van der Waals surface area contributed by atoms with E-state index in [1.165, 1.54) is 0 Å². The fourth-order valence-corrected chi connectivity index (χ4v) is 1.04. The summed E-state index contributed by atoms with van der Waals surface area (Å²) in [6, 6.07) is 0. The Morgan fingerprint density at radius 1 is 1.50 bits per heavy atom. The zero-order valence-electron chi connectivity index (χ0n) is 7.63. The summed E-state index contributed by atoms with van der Waals surface area (Å²) in [7, 11) is 0. The van der Waals surface area contributed by atoms with Crippen LogP contribution < -0.4 is 0 Å². The Bertz CT molecular complexity index is 196. The summed E-state index contributed by atoms with van der Waals surface area (Å²) in [6.07, 6.45) is 0.663. The van der Waals surface area contributed by atoms with Gasteiger partial charge in [-0.05, 0) is 13.8 Å². The van der Waals surface area contributed by atoms with E-state index in [1.807, 2.05) is 13.8 Å². The smallest absolute Gasteiger partial charge is 0.119 e. The predicted molar refractivity (Wildman–Crippen MR) is 48.7 cm³/mol. The highest BCUT2D eigenvalue weighted by atomic mass is 16.5. The quantitative estimate of drug-likeness (QED) is 0.597. The largest absolute Gasteiger partial charge is 0.379 e. The Hall–Kier alpha value is -0.900. The SMILES string of the molecule is CC(C)=NN1CCOCCC1=N. The van der Waals surface area contributed by atoms with Crippen molar-refractivity contribution in [3.63, 3.8) is 0 Å². The molecule has 0 radical (unpaired) electrons. The van der Waals surface area contributed by atoms with Crippen LogP contribution in [0.5, 0.6) is 0 Å². The van der Waals surface area contributed by atoms with E-state index in [1.54, 1.807) is 5.01 Å². The van der Waals surface area contributed by atoms with E-state index in [-0.39, 0.29) is 0 Å². The average molecular weight is 169 g/mol. The highest BCUT2D eigenvalue weighted by molar-refractivity contribution is 5.83. The van der Waals surface area contributed by atoms with Crippen molar-refractivity contribution in [3.8, 4) is 0 Å². The van der Waals surface area contributed by atoms with Crippen LogP contribution in [0.4, 0.5) is 0 Å². The number of hydrazone groups is 1. The van der Waals surface area contributed by atoms with Gasteiger partial charge in [-0.3, -0.25) is 5.41 Å². The Morgan fingerprint density at radius 2 is 2.25 bits per heavy atom. The van der Waals surface area contributed by atoms with Crippen LogP contribution in [0.15, 0.2) is 5.10 Å². The molecule has 0 aromatic heterocycles. The van der Waals surface area contributed by atoms with E-state index in [0.717, 1.165) is 5.71 Å². The highest BCUT2D eigenvalue weighted by Gasteiger charge is 2.11. The summed E-state index contributed by atoms with van der Waals surface area (Å²) < 4.78 is 5.22. The van der Waals surface area contributed by atoms with E-state index in [2.05, 4.69) is 5.10 Å². The number of nitrogens with one attached hydrogen (secondary N) is 1. The molecule has 0 aliphatic carbocycles. The fraction of sp³-hybridized carbons (Fsp3) is 0.750. The minimum atomic E-state index is 0.550. The molecule has 1 fully saturated rings. The van der Waals surface area contributed by atoms with E-state index >= 15 is 0 Å². The third-order valence-electron chi connectivity index (χ3n) is 1.56. The lowest BCUT2D eigenvalue weighted by Crippen LogP contribution is -2.26. The number of nitrogens with zero attached hydrogens (tertiary/aromatic N) is 2. The molecule has 0 atom stereocenters. The Morgan fingerprint density at radius 3 is 2.92 bits per heavy atom. The summed E-state index contributed by atoms with van der Waals surface area (Å²) in [5, 5.41) is 13.6. The van der Waals surface area contributed by atoms with Crippen LogP contribution in [-0.2, 0) is 4.74 Å². The molecule has 0 aromatic rings. The predicted octanol–water partition coefficient (Wildman–Crippen LogP) is 1.08. The van der Waals surface area contributed by atoms with Crippen molar-refractivity contribution in [1.29, 1.82) is 5.41 Å². The maximum absolute atomic E-state index is 7.62. The summed E-state index contributed by atoms with van der Waals surface area (Å²) in [5.41, 5.74) is 0.974. The third kappa shape index (κ3) is 2.62. The van der Waals surface area contributed by atoms with Gasteiger partial charge >= 0.3 is 0 Å². The molecule has 0 saturated carbocycles. The Labute approximate surface area is 72.7 Å². The van der Waals surface area contributed by atoms with Crippen LogP contribution in [0, 0.1) is 5.41 Å². The van der Waals surface area contributed by atoms with Crippen LogP contribution >= 0.6 is 0 Å². The van der Waals surface area contributed by atoms with Crippen molar-refractivity contribution < 1.29 is 4.74 Å². The molecule has 0 spiro atoms. The lowest BCUT2D eigenvalue weighted by Gasteiger charge is -2.16. The lowest BCUT2D eigenvalue weighted by atomic mass is 10.4. The molecule has 1 heterocycles. The number of amidine groups is 1. The minimum Gasteiger partial charge on any atom is -0.379 e. The maximum atomic E-state index is 7.62. The maximum Gasteiger partial charge on any atom is 0.119 e. The monoisotopic (exact) mass is 169 g/mol. The molecule has 4 heteroatoms. The molecular formula is C8H15N3O. The zero-order chi connectivity index (χ0) is 8.97. The van der Waals surface area contributed by atoms with E-state index in [9.17, 15) is 0 Å². The van der Waals surface area contributed by atoms with Crippen molar-refractivity contribution >= 4 is 11.5 Å². The Balaban J connectivity index is 2.59. The fourth-order valence-electron chi connectivity index (χ4n) is 1.04. The van der Waals surface area contributed by atoms with Gasteiger partial charge in [-0.2, -0.15) is 5.10 Å². The molecular weight excluding hydrogens is 154 g/mol. The molecule has 1 rings (SSSR count). The molecule has 0 amide bonds.